The summed E-state index contributed by atoms with van der Waals surface area (Å²) in [6.45, 7) is 9.05. The minimum absolute atomic E-state index is 0.135. The monoisotopic (exact) mass is 221 g/mol. The molecule has 1 atom stereocenters. The first-order chi connectivity index (χ1) is 7.41. The van der Waals surface area contributed by atoms with Gasteiger partial charge in [-0.3, -0.25) is 0 Å². The van der Waals surface area contributed by atoms with Crippen molar-refractivity contribution < 1.29 is 5.11 Å². The molecular weight excluding hydrogens is 198 g/mol. The van der Waals surface area contributed by atoms with Crippen LogP contribution in [0.1, 0.15) is 29.2 Å². The molecule has 2 nitrogen and oxygen atoms in total. The molecule has 0 saturated carbocycles. The van der Waals surface area contributed by atoms with Crippen LogP contribution >= 0.6 is 0 Å². The first kappa shape index (κ1) is 13.2. The minimum Gasteiger partial charge on any atom is -0.396 e. The first-order valence-electron chi connectivity index (χ1n) is 5.79. The van der Waals surface area contributed by atoms with Gasteiger partial charge in [0.25, 0.3) is 0 Å². The van der Waals surface area contributed by atoms with Crippen molar-refractivity contribution in [3.8, 4) is 0 Å². The third-order valence-corrected chi connectivity index (χ3v) is 3.32. The molecule has 0 radical (unpaired) electrons. The lowest BCUT2D eigenvalue weighted by Gasteiger charge is -2.27. The average Bonchev–Trinajstić information content (AvgIpc) is 2.23. The predicted octanol–water partition coefficient (Wildman–Crippen LogP) is 2.11. The Hall–Kier alpha value is -0.860. The van der Waals surface area contributed by atoms with Crippen LogP contribution in [-0.4, -0.2) is 18.3 Å². The normalized spacial score (nSPS) is 14.9. The number of rotatable bonds is 4. The van der Waals surface area contributed by atoms with E-state index in [1.807, 2.05) is 6.92 Å². The van der Waals surface area contributed by atoms with Gasteiger partial charge in [0, 0.05) is 18.6 Å². The van der Waals surface area contributed by atoms with Crippen LogP contribution in [-0.2, 0) is 6.42 Å². The fraction of sp³-hybridized carbons (Fsp3) is 0.571. The number of hydrogen-bond donors (Lipinski definition) is 2. The molecule has 0 aromatic heterocycles. The fourth-order valence-corrected chi connectivity index (χ4v) is 2.11. The Balaban J connectivity index is 3.06. The van der Waals surface area contributed by atoms with Crippen molar-refractivity contribution in [2.24, 2.45) is 11.1 Å². The molecule has 2 heteroatoms. The SMILES string of the molecule is Cc1cc(C)c(CC(C)(CN)CO)c(C)c1. The van der Waals surface area contributed by atoms with Gasteiger partial charge in [-0.2, -0.15) is 0 Å². The molecule has 1 aromatic carbocycles. The first-order valence-corrected chi connectivity index (χ1v) is 5.79. The summed E-state index contributed by atoms with van der Waals surface area (Å²) in [7, 11) is 0. The van der Waals surface area contributed by atoms with Gasteiger partial charge in [0.05, 0.1) is 0 Å². The highest BCUT2D eigenvalue weighted by atomic mass is 16.3. The van der Waals surface area contributed by atoms with Crippen LogP contribution in [0.4, 0.5) is 0 Å². The molecule has 0 aliphatic rings. The summed E-state index contributed by atoms with van der Waals surface area (Å²) in [5.74, 6) is 0. The number of aliphatic hydroxyl groups is 1. The second-order valence-electron chi connectivity index (χ2n) is 5.23. The Labute approximate surface area is 98.5 Å². The summed E-state index contributed by atoms with van der Waals surface area (Å²) >= 11 is 0. The number of aliphatic hydroxyl groups excluding tert-OH is 1. The van der Waals surface area contributed by atoms with Gasteiger partial charge in [-0.05, 0) is 43.9 Å². The number of aryl methyl sites for hydroxylation is 3. The molecule has 1 aromatic rings. The maximum Gasteiger partial charge on any atom is 0.0500 e. The van der Waals surface area contributed by atoms with E-state index in [0.717, 1.165) is 6.42 Å². The summed E-state index contributed by atoms with van der Waals surface area (Å²) in [6, 6.07) is 4.38. The molecule has 0 aliphatic carbocycles. The summed E-state index contributed by atoms with van der Waals surface area (Å²) < 4.78 is 0. The van der Waals surface area contributed by atoms with Crippen molar-refractivity contribution in [3.05, 3.63) is 34.4 Å². The molecule has 1 unspecified atom stereocenters. The van der Waals surface area contributed by atoms with Gasteiger partial charge in [-0.25, -0.2) is 0 Å². The fourth-order valence-electron chi connectivity index (χ4n) is 2.11. The molecular formula is C14H23NO. The van der Waals surface area contributed by atoms with E-state index in [2.05, 4.69) is 32.9 Å². The van der Waals surface area contributed by atoms with Crippen molar-refractivity contribution in [1.82, 2.24) is 0 Å². The zero-order valence-electron chi connectivity index (χ0n) is 10.8. The van der Waals surface area contributed by atoms with Gasteiger partial charge in [-0.1, -0.05) is 24.6 Å². The van der Waals surface area contributed by atoms with E-state index in [9.17, 15) is 5.11 Å². The molecule has 0 bridgehead atoms. The maximum atomic E-state index is 9.40. The van der Waals surface area contributed by atoms with E-state index in [4.69, 9.17) is 5.73 Å². The van der Waals surface area contributed by atoms with Crippen molar-refractivity contribution in [1.29, 1.82) is 0 Å². The highest BCUT2D eigenvalue weighted by Crippen LogP contribution is 2.26. The predicted molar refractivity (Wildman–Crippen MR) is 68.6 cm³/mol. The lowest BCUT2D eigenvalue weighted by molar-refractivity contribution is 0.149. The second-order valence-corrected chi connectivity index (χ2v) is 5.23. The third kappa shape index (κ3) is 2.83. The highest BCUT2D eigenvalue weighted by molar-refractivity contribution is 5.38. The third-order valence-electron chi connectivity index (χ3n) is 3.32. The van der Waals surface area contributed by atoms with Gasteiger partial charge in [0.15, 0.2) is 0 Å². The lowest BCUT2D eigenvalue weighted by atomic mass is 9.81. The molecule has 90 valence electrons. The summed E-state index contributed by atoms with van der Waals surface area (Å²) in [5, 5.41) is 9.40. The van der Waals surface area contributed by atoms with Gasteiger partial charge >= 0.3 is 0 Å². The standard InChI is InChI=1S/C14H23NO/c1-10-5-11(2)13(12(3)6-10)7-14(4,8-15)9-16/h5-6,16H,7-9,15H2,1-4H3. The Bertz CT molecular complexity index is 344. The summed E-state index contributed by atoms with van der Waals surface area (Å²) in [5.41, 5.74) is 10.7. The zero-order chi connectivity index (χ0) is 12.3. The Morgan fingerprint density at radius 2 is 1.69 bits per heavy atom. The number of hydrogen-bond acceptors (Lipinski definition) is 2. The van der Waals surface area contributed by atoms with Crippen LogP contribution in [0.5, 0.6) is 0 Å². The lowest BCUT2D eigenvalue weighted by Crippen LogP contribution is -2.33. The zero-order valence-corrected chi connectivity index (χ0v) is 10.8. The average molecular weight is 221 g/mol. The van der Waals surface area contributed by atoms with E-state index in [0.29, 0.717) is 6.54 Å². The van der Waals surface area contributed by atoms with E-state index in [1.165, 1.54) is 22.3 Å². The molecule has 0 saturated heterocycles. The molecule has 0 fully saturated rings. The molecule has 0 aliphatic heterocycles. The Morgan fingerprint density at radius 3 is 2.06 bits per heavy atom. The van der Waals surface area contributed by atoms with E-state index in [-0.39, 0.29) is 12.0 Å². The molecule has 3 N–H and O–H groups in total. The van der Waals surface area contributed by atoms with Gasteiger partial charge in [-0.15, -0.1) is 0 Å². The summed E-state index contributed by atoms with van der Waals surface area (Å²) in [6.07, 6.45) is 0.845. The summed E-state index contributed by atoms with van der Waals surface area (Å²) in [4.78, 5) is 0. The largest absolute Gasteiger partial charge is 0.396 e. The van der Waals surface area contributed by atoms with Crippen LogP contribution in [0.15, 0.2) is 12.1 Å². The smallest absolute Gasteiger partial charge is 0.0500 e. The molecule has 0 heterocycles. The maximum absolute atomic E-state index is 9.40. The number of benzene rings is 1. The van der Waals surface area contributed by atoms with Gasteiger partial charge in [0.2, 0.25) is 0 Å². The van der Waals surface area contributed by atoms with Crippen molar-refractivity contribution >= 4 is 0 Å². The quantitative estimate of drug-likeness (QED) is 0.818. The van der Waals surface area contributed by atoms with Crippen LogP contribution < -0.4 is 5.73 Å². The second kappa shape index (κ2) is 4.98. The van der Waals surface area contributed by atoms with Gasteiger partial charge < -0.3 is 10.8 Å². The highest BCUT2D eigenvalue weighted by Gasteiger charge is 2.23. The van der Waals surface area contributed by atoms with Crippen LogP contribution in [0.25, 0.3) is 0 Å². The Kier molecular flexibility index (Phi) is 4.11. The van der Waals surface area contributed by atoms with Crippen LogP contribution in [0, 0.1) is 26.2 Å². The van der Waals surface area contributed by atoms with Crippen molar-refractivity contribution in [2.45, 2.75) is 34.1 Å². The van der Waals surface area contributed by atoms with E-state index < -0.39 is 0 Å². The molecule has 0 spiro atoms. The Morgan fingerprint density at radius 1 is 1.19 bits per heavy atom. The topological polar surface area (TPSA) is 46.2 Å². The minimum atomic E-state index is -0.204. The van der Waals surface area contributed by atoms with Crippen molar-refractivity contribution in [3.63, 3.8) is 0 Å². The molecule has 1 rings (SSSR count). The van der Waals surface area contributed by atoms with E-state index >= 15 is 0 Å². The molecule has 0 amide bonds. The molecule has 16 heavy (non-hydrogen) atoms. The van der Waals surface area contributed by atoms with Crippen LogP contribution in [0.3, 0.4) is 0 Å². The van der Waals surface area contributed by atoms with E-state index in [1.54, 1.807) is 0 Å². The van der Waals surface area contributed by atoms with Gasteiger partial charge in [0.1, 0.15) is 0 Å². The number of nitrogens with two attached hydrogens (primary N) is 1. The van der Waals surface area contributed by atoms with Crippen molar-refractivity contribution in [2.75, 3.05) is 13.2 Å². The van der Waals surface area contributed by atoms with Crippen LogP contribution in [0.2, 0.25) is 0 Å².